The third-order valence-corrected chi connectivity index (χ3v) is 4.05. The highest BCUT2D eigenvalue weighted by Crippen LogP contribution is 2.41. The van der Waals surface area contributed by atoms with Gasteiger partial charge in [0.2, 0.25) is 0 Å². The quantitative estimate of drug-likeness (QED) is 0.811. The summed E-state index contributed by atoms with van der Waals surface area (Å²) in [5.41, 5.74) is 8.87. The molecule has 3 nitrogen and oxygen atoms in total. The second-order valence-corrected chi connectivity index (χ2v) is 4.95. The lowest BCUT2D eigenvalue weighted by molar-refractivity contribution is 0.195. The van der Waals surface area contributed by atoms with Crippen LogP contribution in [0.4, 0.5) is 11.4 Å². The first kappa shape index (κ1) is 11.8. The molecule has 0 spiro atoms. The molecule has 0 unspecified atom stereocenters. The molecule has 1 heterocycles. The fourth-order valence-electron chi connectivity index (χ4n) is 2.54. The smallest absolute Gasteiger partial charge is 0.0992 e. The molecule has 0 atom stereocenters. The van der Waals surface area contributed by atoms with Crippen LogP contribution in [0, 0.1) is 16.7 Å². The highest BCUT2D eigenvalue weighted by Gasteiger charge is 2.40. The zero-order chi connectivity index (χ0) is 12.5. The van der Waals surface area contributed by atoms with Crippen LogP contribution >= 0.6 is 0 Å². The molecule has 17 heavy (non-hydrogen) atoms. The second kappa shape index (κ2) is 4.29. The third kappa shape index (κ3) is 1.95. The Balaban J connectivity index is 2.14. The molecule has 2 rings (SSSR count). The molecule has 1 aromatic carbocycles. The zero-order valence-corrected chi connectivity index (χ0v) is 10.5. The lowest BCUT2D eigenvalue weighted by atomic mass is 9.75. The minimum atomic E-state index is 0.473. The normalized spacial score (nSPS) is 17.4. The summed E-state index contributed by atoms with van der Waals surface area (Å²) in [6.45, 7) is 6.66. The van der Waals surface area contributed by atoms with E-state index in [0.717, 1.165) is 18.8 Å². The van der Waals surface area contributed by atoms with E-state index in [-0.39, 0.29) is 0 Å². The van der Waals surface area contributed by atoms with E-state index in [4.69, 9.17) is 11.0 Å². The predicted octanol–water partition coefficient (Wildman–Crippen LogP) is 2.77. The summed E-state index contributed by atoms with van der Waals surface area (Å²) in [5, 5.41) is 8.80. The van der Waals surface area contributed by atoms with Gasteiger partial charge in [0.05, 0.1) is 23.0 Å². The summed E-state index contributed by atoms with van der Waals surface area (Å²) < 4.78 is 0. The molecule has 1 aromatic rings. The third-order valence-electron chi connectivity index (χ3n) is 4.05. The van der Waals surface area contributed by atoms with Gasteiger partial charge < -0.3 is 10.6 Å². The van der Waals surface area contributed by atoms with Crippen molar-refractivity contribution < 1.29 is 0 Å². The summed E-state index contributed by atoms with van der Waals surface area (Å²) in [6.07, 6.45) is 2.44. The molecule has 1 aliphatic rings. The van der Waals surface area contributed by atoms with Crippen molar-refractivity contribution in [3.63, 3.8) is 0 Å². The van der Waals surface area contributed by atoms with E-state index in [1.165, 1.54) is 12.8 Å². The average Bonchev–Trinajstić information content (AvgIpc) is 2.30. The molecule has 0 saturated carbocycles. The number of nitrogens with zero attached hydrogens (tertiary/aromatic N) is 2. The van der Waals surface area contributed by atoms with E-state index in [1.54, 1.807) is 6.07 Å². The molecule has 3 heteroatoms. The fourth-order valence-corrected chi connectivity index (χ4v) is 2.54. The number of nitrogen functional groups attached to an aromatic ring is 1. The van der Waals surface area contributed by atoms with E-state index < -0.39 is 0 Å². The number of benzene rings is 1. The number of anilines is 2. The van der Waals surface area contributed by atoms with Crippen molar-refractivity contribution >= 4 is 11.4 Å². The molecule has 1 aliphatic heterocycles. The predicted molar refractivity (Wildman–Crippen MR) is 70.8 cm³/mol. The molecule has 0 radical (unpaired) electrons. The Kier molecular flexibility index (Phi) is 2.97. The summed E-state index contributed by atoms with van der Waals surface area (Å²) in [7, 11) is 0. The van der Waals surface area contributed by atoms with Gasteiger partial charge in [0.1, 0.15) is 0 Å². The number of nitrogens with two attached hydrogens (primary N) is 1. The van der Waals surface area contributed by atoms with E-state index in [2.05, 4.69) is 24.8 Å². The Morgan fingerprint density at radius 3 is 2.47 bits per heavy atom. The van der Waals surface area contributed by atoms with E-state index in [1.807, 2.05) is 12.1 Å². The van der Waals surface area contributed by atoms with Crippen LogP contribution in [0.15, 0.2) is 18.2 Å². The van der Waals surface area contributed by atoms with Crippen molar-refractivity contribution in [2.24, 2.45) is 5.41 Å². The van der Waals surface area contributed by atoms with Gasteiger partial charge in [-0.05, 0) is 31.0 Å². The van der Waals surface area contributed by atoms with Crippen LogP contribution in [0.2, 0.25) is 0 Å². The maximum atomic E-state index is 8.80. The first-order valence-electron chi connectivity index (χ1n) is 6.18. The van der Waals surface area contributed by atoms with Gasteiger partial charge in [-0.2, -0.15) is 5.26 Å². The Morgan fingerprint density at radius 2 is 2.00 bits per heavy atom. The lowest BCUT2D eigenvalue weighted by Gasteiger charge is -2.51. The largest absolute Gasteiger partial charge is 0.397 e. The molecule has 1 fully saturated rings. The van der Waals surface area contributed by atoms with Crippen molar-refractivity contribution in [2.45, 2.75) is 26.7 Å². The Bertz CT molecular complexity index is 447. The van der Waals surface area contributed by atoms with E-state index >= 15 is 0 Å². The zero-order valence-electron chi connectivity index (χ0n) is 10.5. The van der Waals surface area contributed by atoms with Crippen LogP contribution in [-0.4, -0.2) is 13.1 Å². The highest BCUT2D eigenvalue weighted by molar-refractivity contribution is 5.70. The molecule has 90 valence electrons. The maximum absolute atomic E-state index is 8.80. The monoisotopic (exact) mass is 229 g/mol. The van der Waals surface area contributed by atoms with Crippen LogP contribution in [0.25, 0.3) is 0 Å². The van der Waals surface area contributed by atoms with Crippen molar-refractivity contribution in [1.29, 1.82) is 5.26 Å². The summed E-state index contributed by atoms with van der Waals surface area (Å²) in [5.74, 6) is 0. The van der Waals surface area contributed by atoms with Gasteiger partial charge in [0, 0.05) is 18.5 Å². The average molecular weight is 229 g/mol. The SMILES string of the molecule is CCC1(CC)CN(c2ccc(C#N)cc2N)C1. The summed E-state index contributed by atoms with van der Waals surface area (Å²) in [4.78, 5) is 2.31. The number of nitriles is 1. The Hall–Kier alpha value is -1.69. The number of rotatable bonds is 3. The van der Waals surface area contributed by atoms with Crippen molar-refractivity contribution in [1.82, 2.24) is 0 Å². The second-order valence-electron chi connectivity index (χ2n) is 4.95. The van der Waals surface area contributed by atoms with Crippen LogP contribution < -0.4 is 10.6 Å². The van der Waals surface area contributed by atoms with Crippen LogP contribution in [0.3, 0.4) is 0 Å². The first-order chi connectivity index (χ1) is 8.14. The molecule has 0 aliphatic carbocycles. The maximum Gasteiger partial charge on any atom is 0.0992 e. The topological polar surface area (TPSA) is 53.0 Å². The minimum Gasteiger partial charge on any atom is -0.397 e. The van der Waals surface area contributed by atoms with Gasteiger partial charge in [0.25, 0.3) is 0 Å². The fraction of sp³-hybridized carbons (Fsp3) is 0.500. The first-order valence-corrected chi connectivity index (χ1v) is 6.18. The standard InChI is InChI=1S/C14H19N3/c1-3-14(4-2)9-17(10-14)13-6-5-11(8-15)7-12(13)16/h5-7H,3-4,9-10,16H2,1-2H3. The molecule has 0 bridgehead atoms. The number of hydrogen-bond acceptors (Lipinski definition) is 3. The highest BCUT2D eigenvalue weighted by atomic mass is 15.2. The molecular weight excluding hydrogens is 210 g/mol. The van der Waals surface area contributed by atoms with Crippen LogP contribution in [-0.2, 0) is 0 Å². The van der Waals surface area contributed by atoms with E-state index in [0.29, 0.717) is 16.7 Å². The van der Waals surface area contributed by atoms with Gasteiger partial charge >= 0.3 is 0 Å². The molecule has 2 N–H and O–H groups in total. The van der Waals surface area contributed by atoms with Gasteiger partial charge in [-0.1, -0.05) is 13.8 Å². The molecule has 0 aromatic heterocycles. The van der Waals surface area contributed by atoms with Crippen LogP contribution in [0.1, 0.15) is 32.3 Å². The van der Waals surface area contributed by atoms with Gasteiger partial charge in [-0.3, -0.25) is 0 Å². The van der Waals surface area contributed by atoms with Crippen LogP contribution in [0.5, 0.6) is 0 Å². The lowest BCUT2D eigenvalue weighted by Crippen LogP contribution is -2.56. The van der Waals surface area contributed by atoms with Crippen molar-refractivity contribution in [2.75, 3.05) is 23.7 Å². The molecular formula is C14H19N3. The molecule has 1 saturated heterocycles. The van der Waals surface area contributed by atoms with Gasteiger partial charge in [-0.25, -0.2) is 0 Å². The van der Waals surface area contributed by atoms with Gasteiger partial charge in [-0.15, -0.1) is 0 Å². The Labute approximate surface area is 103 Å². The number of hydrogen-bond donors (Lipinski definition) is 1. The summed E-state index contributed by atoms with van der Waals surface area (Å²) >= 11 is 0. The molecule has 0 amide bonds. The van der Waals surface area contributed by atoms with Gasteiger partial charge in [0.15, 0.2) is 0 Å². The minimum absolute atomic E-state index is 0.473. The van der Waals surface area contributed by atoms with Crippen molar-refractivity contribution in [3.8, 4) is 6.07 Å². The Morgan fingerprint density at radius 1 is 1.35 bits per heavy atom. The summed E-state index contributed by atoms with van der Waals surface area (Å²) in [6, 6.07) is 7.67. The van der Waals surface area contributed by atoms with Crippen molar-refractivity contribution in [3.05, 3.63) is 23.8 Å². The van der Waals surface area contributed by atoms with E-state index in [9.17, 15) is 0 Å².